The highest BCUT2D eigenvalue weighted by Crippen LogP contribution is 2.49. The molecule has 26 heavy (non-hydrogen) atoms. The molecule has 2 aliphatic heterocycles. The Bertz CT molecular complexity index is 990. The standard InChI is InChI=1S/C18H14N2O6/c21-12-3-1-2-10-18(12)17(13-4-5-16(26-13)20(22)23)9-6-14-15(25-8-24-14)7-11(9)19-10/h4-7,17,19H,1-3,8H2. The maximum atomic E-state index is 12.7. The Kier molecular flexibility index (Phi) is 3.09. The summed E-state index contributed by atoms with van der Waals surface area (Å²) >= 11 is 0. The lowest BCUT2D eigenvalue weighted by Crippen LogP contribution is -2.26. The molecule has 1 aliphatic carbocycles. The van der Waals surface area contributed by atoms with Crippen molar-refractivity contribution in [3.8, 4) is 11.5 Å². The van der Waals surface area contributed by atoms with Gasteiger partial charge in [0, 0.05) is 29.4 Å². The van der Waals surface area contributed by atoms with E-state index in [2.05, 4.69) is 5.32 Å². The number of fused-ring (bicyclic) bond motifs is 2. The summed E-state index contributed by atoms with van der Waals surface area (Å²) in [7, 11) is 0. The van der Waals surface area contributed by atoms with Crippen LogP contribution >= 0.6 is 0 Å². The van der Waals surface area contributed by atoms with E-state index in [0.717, 1.165) is 29.8 Å². The monoisotopic (exact) mass is 354 g/mol. The van der Waals surface area contributed by atoms with E-state index >= 15 is 0 Å². The number of ketones is 1. The Balaban J connectivity index is 1.71. The number of carbonyl (C=O) groups excluding carboxylic acids is 1. The maximum absolute atomic E-state index is 12.7. The second-order valence-electron chi connectivity index (χ2n) is 6.45. The summed E-state index contributed by atoms with van der Waals surface area (Å²) in [6.45, 7) is 0.140. The lowest BCUT2D eigenvalue weighted by molar-refractivity contribution is -0.402. The number of Topliss-reactive ketones (excluding diaryl/α,β-unsaturated/α-hetero) is 1. The van der Waals surface area contributed by atoms with Crippen LogP contribution in [0.5, 0.6) is 11.5 Å². The maximum Gasteiger partial charge on any atom is 0.433 e. The number of hydrogen-bond donors (Lipinski definition) is 1. The van der Waals surface area contributed by atoms with Gasteiger partial charge < -0.3 is 19.2 Å². The number of benzene rings is 1. The zero-order chi connectivity index (χ0) is 17.8. The van der Waals surface area contributed by atoms with Gasteiger partial charge in [0.25, 0.3) is 0 Å². The average molecular weight is 354 g/mol. The average Bonchev–Trinajstić information content (AvgIpc) is 3.27. The zero-order valence-corrected chi connectivity index (χ0v) is 13.6. The van der Waals surface area contributed by atoms with Crippen LogP contribution in [-0.2, 0) is 4.79 Å². The Morgan fingerprint density at radius 1 is 1.15 bits per heavy atom. The van der Waals surface area contributed by atoms with Gasteiger partial charge >= 0.3 is 5.88 Å². The first-order valence-electron chi connectivity index (χ1n) is 8.33. The minimum absolute atomic E-state index is 0.0334. The van der Waals surface area contributed by atoms with Gasteiger partial charge in [-0.1, -0.05) is 0 Å². The third-order valence-corrected chi connectivity index (χ3v) is 4.96. The van der Waals surface area contributed by atoms with E-state index in [-0.39, 0.29) is 18.5 Å². The van der Waals surface area contributed by atoms with Crippen LogP contribution in [0, 0.1) is 10.1 Å². The van der Waals surface area contributed by atoms with Gasteiger partial charge in [-0.25, -0.2) is 0 Å². The Morgan fingerprint density at radius 3 is 2.73 bits per heavy atom. The van der Waals surface area contributed by atoms with E-state index < -0.39 is 10.8 Å². The third kappa shape index (κ3) is 2.11. The summed E-state index contributed by atoms with van der Waals surface area (Å²) in [4.78, 5) is 23.1. The van der Waals surface area contributed by atoms with Gasteiger partial charge in [-0.15, -0.1) is 0 Å². The van der Waals surface area contributed by atoms with Crippen molar-refractivity contribution in [2.75, 3.05) is 12.1 Å². The minimum Gasteiger partial charge on any atom is -0.454 e. The lowest BCUT2D eigenvalue weighted by Gasteiger charge is -2.32. The smallest absolute Gasteiger partial charge is 0.433 e. The summed E-state index contributed by atoms with van der Waals surface area (Å²) in [5.74, 6) is 0.784. The van der Waals surface area contributed by atoms with Gasteiger partial charge in [0.15, 0.2) is 17.3 Å². The van der Waals surface area contributed by atoms with Crippen molar-refractivity contribution in [3.63, 3.8) is 0 Å². The van der Waals surface area contributed by atoms with Gasteiger partial charge in [-0.2, -0.15) is 0 Å². The first-order valence-corrected chi connectivity index (χ1v) is 8.33. The van der Waals surface area contributed by atoms with Crippen molar-refractivity contribution in [1.82, 2.24) is 0 Å². The highest BCUT2D eigenvalue weighted by atomic mass is 16.7. The quantitative estimate of drug-likeness (QED) is 0.650. The number of anilines is 1. The van der Waals surface area contributed by atoms with Crippen LogP contribution in [0.3, 0.4) is 0 Å². The normalized spacial score (nSPS) is 20.5. The number of nitrogens with zero attached hydrogens (tertiary/aromatic N) is 1. The molecule has 3 heterocycles. The number of hydrogen-bond acceptors (Lipinski definition) is 7. The van der Waals surface area contributed by atoms with Gasteiger partial charge in [0.1, 0.15) is 10.7 Å². The highest BCUT2D eigenvalue weighted by Gasteiger charge is 2.38. The van der Waals surface area contributed by atoms with Crippen LogP contribution in [-0.4, -0.2) is 17.5 Å². The van der Waals surface area contributed by atoms with Gasteiger partial charge in [-0.3, -0.25) is 14.9 Å². The summed E-state index contributed by atoms with van der Waals surface area (Å²) in [6.07, 6.45) is 1.98. The third-order valence-electron chi connectivity index (χ3n) is 4.96. The summed E-state index contributed by atoms with van der Waals surface area (Å²) < 4.78 is 16.4. The van der Waals surface area contributed by atoms with E-state index in [4.69, 9.17) is 13.9 Å². The first-order chi connectivity index (χ1) is 12.6. The van der Waals surface area contributed by atoms with Crippen LogP contribution in [0.1, 0.15) is 36.5 Å². The molecule has 0 saturated carbocycles. The van der Waals surface area contributed by atoms with E-state index in [1.54, 1.807) is 6.07 Å². The molecule has 1 unspecified atom stereocenters. The molecule has 0 fully saturated rings. The minimum atomic E-state index is -0.580. The van der Waals surface area contributed by atoms with Gasteiger partial charge in [-0.05, 0) is 30.5 Å². The van der Waals surface area contributed by atoms with Crippen molar-refractivity contribution in [1.29, 1.82) is 0 Å². The van der Waals surface area contributed by atoms with Crippen molar-refractivity contribution in [3.05, 3.63) is 57.0 Å². The molecule has 1 aromatic carbocycles. The van der Waals surface area contributed by atoms with E-state index in [1.807, 2.05) is 12.1 Å². The first kappa shape index (κ1) is 15.0. The van der Waals surface area contributed by atoms with Crippen LogP contribution in [0.4, 0.5) is 11.6 Å². The molecule has 8 heteroatoms. The summed E-state index contributed by atoms with van der Waals surface area (Å²) in [6, 6.07) is 6.53. The van der Waals surface area contributed by atoms with Crippen molar-refractivity contribution < 1.29 is 23.6 Å². The Labute approximate surface area is 147 Å². The molecule has 8 nitrogen and oxygen atoms in total. The molecule has 3 aliphatic rings. The molecule has 132 valence electrons. The Morgan fingerprint density at radius 2 is 1.96 bits per heavy atom. The number of allylic oxidation sites excluding steroid dienone is 2. The number of nitrogens with one attached hydrogen (secondary N) is 1. The van der Waals surface area contributed by atoms with Crippen molar-refractivity contribution in [2.24, 2.45) is 0 Å². The molecule has 0 bridgehead atoms. The number of furan rings is 1. The molecule has 1 aromatic heterocycles. The molecule has 2 aromatic rings. The van der Waals surface area contributed by atoms with Gasteiger partial charge in [0.2, 0.25) is 6.79 Å². The fourth-order valence-electron chi connectivity index (χ4n) is 3.84. The molecule has 1 atom stereocenters. The lowest BCUT2D eigenvalue weighted by atomic mass is 9.77. The van der Waals surface area contributed by atoms with Gasteiger partial charge in [0.05, 0.1) is 12.0 Å². The summed E-state index contributed by atoms with van der Waals surface area (Å²) in [5.41, 5.74) is 3.04. The molecule has 0 saturated heterocycles. The molecular weight excluding hydrogens is 340 g/mol. The second kappa shape index (κ2) is 5.35. The predicted molar refractivity (Wildman–Crippen MR) is 89.3 cm³/mol. The number of carbonyl (C=O) groups is 1. The topological polar surface area (TPSA) is 104 Å². The molecule has 1 N–H and O–H groups in total. The van der Waals surface area contributed by atoms with Crippen molar-refractivity contribution >= 4 is 17.4 Å². The SMILES string of the molecule is O=C1CCCC2=C1C(c1ccc([N+](=O)[O-])o1)c1cc3c(cc1N2)OCO3. The molecule has 0 amide bonds. The molecule has 5 rings (SSSR count). The number of ether oxygens (including phenoxy) is 2. The van der Waals surface area contributed by atoms with Crippen molar-refractivity contribution in [2.45, 2.75) is 25.2 Å². The van der Waals surface area contributed by atoms with Crippen LogP contribution < -0.4 is 14.8 Å². The van der Waals surface area contributed by atoms with Crippen LogP contribution in [0.15, 0.2) is 40.0 Å². The molecule has 0 spiro atoms. The second-order valence-corrected chi connectivity index (χ2v) is 6.45. The largest absolute Gasteiger partial charge is 0.454 e. The van der Waals surface area contributed by atoms with Crippen LogP contribution in [0.25, 0.3) is 0 Å². The van der Waals surface area contributed by atoms with E-state index in [9.17, 15) is 14.9 Å². The highest BCUT2D eigenvalue weighted by molar-refractivity contribution is 6.01. The fraction of sp³-hybridized carbons (Fsp3) is 0.278. The molecular formula is C18H14N2O6. The fourth-order valence-corrected chi connectivity index (χ4v) is 3.84. The van der Waals surface area contributed by atoms with E-state index in [0.29, 0.717) is 29.3 Å². The Hall–Kier alpha value is -3.29. The molecule has 0 radical (unpaired) electrons. The van der Waals surface area contributed by atoms with E-state index in [1.165, 1.54) is 6.07 Å². The predicted octanol–water partition coefficient (Wildman–Crippen LogP) is 3.48. The summed E-state index contributed by atoms with van der Waals surface area (Å²) in [5, 5.41) is 14.4. The number of nitro groups is 1. The number of rotatable bonds is 2. The van der Waals surface area contributed by atoms with Crippen LogP contribution in [0.2, 0.25) is 0 Å². The zero-order valence-electron chi connectivity index (χ0n) is 13.6.